The van der Waals surface area contributed by atoms with Crippen molar-refractivity contribution < 1.29 is 14.6 Å². The van der Waals surface area contributed by atoms with Crippen molar-refractivity contribution in [3.63, 3.8) is 0 Å². The van der Waals surface area contributed by atoms with Crippen molar-refractivity contribution >= 4 is 50.0 Å². The van der Waals surface area contributed by atoms with E-state index in [2.05, 4.69) is 26.2 Å². The topological polar surface area (TPSA) is 76.2 Å². The third-order valence-electron chi connectivity index (χ3n) is 4.18. The van der Waals surface area contributed by atoms with Crippen molar-refractivity contribution in [3.05, 3.63) is 51.5 Å². The van der Waals surface area contributed by atoms with Gasteiger partial charge in [-0.2, -0.15) is 0 Å². The molecule has 0 aliphatic rings. The maximum atomic E-state index is 12.1. The number of azo groups is 1. The molecule has 0 aliphatic carbocycles. The number of hydrogen-bond donors (Lipinski definition) is 1. The Morgan fingerprint density at radius 3 is 2.71 bits per heavy atom. The average molecular weight is 465 g/mol. The third kappa shape index (κ3) is 4.20. The zero-order valence-corrected chi connectivity index (χ0v) is 18.0. The lowest BCUT2D eigenvalue weighted by Crippen LogP contribution is -2.08. The first-order chi connectivity index (χ1) is 13.3. The van der Waals surface area contributed by atoms with Gasteiger partial charge in [0.15, 0.2) is 12.3 Å². The van der Waals surface area contributed by atoms with Crippen molar-refractivity contribution in [3.8, 4) is 11.6 Å². The monoisotopic (exact) mass is 463 g/mol. The van der Waals surface area contributed by atoms with Crippen molar-refractivity contribution in [2.45, 2.75) is 26.8 Å². The fraction of sp³-hybridized carbons (Fsp3) is 0.250. The van der Waals surface area contributed by atoms with Gasteiger partial charge in [-0.25, -0.2) is 0 Å². The first kappa shape index (κ1) is 20.4. The molecule has 0 fully saturated rings. The van der Waals surface area contributed by atoms with E-state index in [-0.39, 0.29) is 24.2 Å². The van der Waals surface area contributed by atoms with Crippen LogP contribution in [0.1, 0.15) is 25.5 Å². The van der Waals surface area contributed by atoms with Crippen LogP contribution >= 0.6 is 27.5 Å². The Morgan fingerprint density at radius 1 is 1.29 bits per heavy atom. The first-order valence-electron chi connectivity index (χ1n) is 8.64. The van der Waals surface area contributed by atoms with Gasteiger partial charge in [-0.3, -0.25) is 4.79 Å². The molecule has 28 heavy (non-hydrogen) atoms. The van der Waals surface area contributed by atoms with Crippen LogP contribution in [-0.4, -0.2) is 22.2 Å². The summed E-state index contributed by atoms with van der Waals surface area (Å²) in [5.74, 6) is -0.0422. The van der Waals surface area contributed by atoms with Gasteiger partial charge in [0.25, 0.3) is 0 Å². The number of benzene rings is 2. The summed E-state index contributed by atoms with van der Waals surface area (Å²) in [6, 6.07) is 10.7. The molecule has 1 aromatic heterocycles. The number of fused-ring (bicyclic) bond motifs is 1. The number of nitrogens with zero attached hydrogens (tertiary/aromatic N) is 3. The van der Waals surface area contributed by atoms with E-state index < -0.39 is 5.91 Å². The zero-order valence-electron chi connectivity index (χ0n) is 15.6. The van der Waals surface area contributed by atoms with Gasteiger partial charge in [-0.05, 0) is 62.7 Å². The molecule has 0 atom stereocenters. The summed E-state index contributed by atoms with van der Waals surface area (Å²) >= 11 is 9.33. The van der Waals surface area contributed by atoms with Crippen LogP contribution in [0.15, 0.2) is 51.1 Å². The number of rotatable bonds is 5. The highest BCUT2D eigenvalue weighted by molar-refractivity contribution is 9.10. The van der Waals surface area contributed by atoms with Gasteiger partial charge >= 0.3 is 5.91 Å². The highest BCUT2D eigenvalue weighted by atomic mass is 79.9. The minimum Gasteiger partial charge on any atom is -0.493 e. The fourth-order valence-electron chi connectivity index (χ4n) is 2.93. The number of ether oxygens (including phenoxy) is 1. The first-order valence-corrected chi connectivity index (χ1v) is 9.81. The number of aromatic hydroxyl groups is 1. The van der Waals surface area contributed by atoms with Crippen LogP contribution in [0.3, 0.4) is 0 Å². The van der Waals surface area contributed by atoms with Crippen molar-refractivity contribution in [2.24, 2.45) is 10.2 Å². The number of amides is 1. The highest BCUT2D eigenvalue weighted by Crippen LogP contribution is 2.41. The Kier molecular flexibility index (Phi) is 6.05. The number of hydrogen-bond acceptors (Lipinski definition) is 4. The summed E-state index contributed by atoms with van der Waals surface area (Å²) in [7, 11) is 0. The lowest BCUT2D eigenvalue weighted by Gasteiger charge is -2.10. The number of aryl methyl sites for hydroxylation is 1. The number of carbonyl (C=O) groups is 1. The Balaban J connectivity index is 1.83. The second kappa shape index (κ2) is 8.32. The normalized spacial score (nSPS) is 11.6. The van der Waals surface area contributed by atoms with Crippen LogP contribution in [0.2, 0.25) is 5.02 Å². The van der Waals surface area contributed by atoms with Crippen LogP contribution in [0.25, 0.3) is 10.9 Å². The highest BCUT2D eigenvalue weighted by Gasteiger charge is 2.19. The van der Waals surface area contributed by atoms with E-state index >= 15 is 0 Å². The zero-order chi connectivity index (χ0) is 20.4. The molecule has 3 rings (SSSR count). The molecule has 1 amide bonds. The van der Waals surface area contributed by atoms with Crippen LogP contribution < -0.4 is 4.74 Å². The smallest absolute Gasteiger partial charge is 0.302 e. The predicted octanol–water partition coefficient (Wildman–Crippen LogP) is 6.34. The van der Waals surface area contributed by atoms with E-state index in [1.807, 2.05) is 39.0 Å². The molecule has 0 aliphatic heterocycles. The molecule has 0 radical (unpaired) electrons. The molecule has 0 bridgehead atoms. The second-order valence-electron chi connectivity index (χ2n) is 6.59. The molecule has 0 spiro atoms. The lowest BCUT2D eigenvalue weighted by molar-refractivity contribution is -0.120. The molecule has 0 saturated heterocycles. The van der Waals surface area contributed by atoms with Gasteiger partial charge in [0, 0.05) is 20.9 Å². The fourth-order valence-corrected chi connectivity index (χ4v) is 3.51. The average Bonchev–Trinajstić information content (AvgIpc) is 2.90. The summed E-state index contributed by atoms with van der Waals surface area (Å²) < 4.78 is 8.07. The van der Waals surface area contributed by atoms with Gasteiger partial charge < -0.3 is 14.4 Å². The van der Waals surface area contributed by atoms with Gasteiger partial charge in [0.05, 0.1) is 5.52 Å². The number of aromatic nitrogens is 1. The minimum absolute atomic E-state index is 0.0135. The minimum atomic E-state index is -0.561. The molecule has 0 saturated carbocycles. The summed E-state index contributed by atoms with van der Waals surface area (Å²) in [6.07, 6.45) is 0. The molecule has 0 unspecified atom stereocenters. The molecule has 146 valence electrons. The maximum absolute atomic E-state index is 12.1. The Morgan fingerprint density at radius 2 is 2.04 bits per heavy atom. The van der Waals surface area contributed by atoms with E-state index in [1.54, 1.807) is 22.8 Å². The largest absolute Gasteiger partial charge is 0.493 e. The molecular formula is C20H19BrClN3O3. The van der Waals surface area contributed by atoms with Crippen LogP contribution in [0.5, 0.6) is 11.6 Å². The third-order valence-corrected chi connectivity index (χ3v) is 4.91. The molecule has 1 N–H and O–H groups in total. The predicted molar refractivity (Wildman–Crippen MR) is 113 cm³/mol. The maximum Gasteiger partial charge on any atom is 0.302 e. The summed E-state index contributed by atoms with van der Waals surface area (Å²) in [6.45, 7) is 5.48. The van der Waals surface area contributed by atoms with Gasteiger partial charge in [-0.15, -0.1) is 10.2 Å². The van der Waals surface area contributed by atoms with E-state index in [0.717, 1.165) is 15.6 Å². The SMILES string of the molecule is Cc1cc(Cl)ccc1OCC(=O)N=Nc1c(O)n(C(C)C)c2ccc(Br)cc12. The number of halogens is 2. The number of carbonyl (C=O) groups excluding carboxylic acids is 1. The van der Waals surface area contributed by atoms with Crippen molar-refractivity contribution in [2.75, 3.05) is 6.61 Å². The summed E-state index contributed by atoms with van der Waals surface area (Å²) in [5.41, 5.74) is 1.88. The van der Waals surface area contributed by atoms with Crippen LogP contribution in [-0.2, 0) is 4.79 Å². The van der Waals surface area contributed by atoms with Crippen molar-refractivity contribution in [1.82, 2.24) is 4.57 Å². The van der Waals surface area contributed by atoms with Gasteiger partial charge in [0.2, 0.25) is 5.88 Å². The van der Waals surface area contributed by atoms with E-state index in [4.69, 9.17) is 16.3 Å². The molecule has 8 heteroatoms. The van der Waals surface area contributed by atoms with Crippen LogP contribution in [0, 0.1) is 6.92 Å². The van der Waals surface area contributed by atoms with E-state index in [0.29, 0.717) is 16.2 Å². The van der Waals surface area contributed by atoms with Crippen LogP contribution in [0.4, 0.5) is 5.69 Å². The second-order valence-corrected chi connectivity index (χ2v) is 7.94. The summed E-state index contributed by atoms with van der Waals surface area (Å²) in [5, 5.41) is 19.6. The molecule has 3 aromatic rings. The molecule has 1 heterocycles. The van der Waals surface area contributed by atoms with E-state index in [9.17, 15) is 9.90 Å². The summed E-state index contributed by atoms with van der Waals surface area (Å²) in [4.78, 5) is 12.1. The Bertz CT molecular complexity index is 1080. The standard InChI is InChI=1S/C20H19BrClN3O3/c1-11(2)25-16-6-4-13(21)9-15(16)19(20(25)27)24-23-18(26)10-28-17-7-5-14(22)8-12(17)3/h4-9,11,27H,10H2,1-3H3. The van der Waals surface area contributed by atoms with Crippen molar-refractivity contribution in [1.29, 1.82) is 0 Å². The van der Waals surface area contributed by atoms with Gasteiger partial charge in [0.1, 0.15) is 5.75 Å². The molecule has 6 nitrogen and oxygen atoms in total. The molecular weight excluding hydrogens is 446 g/mol. The van der Waals surface area contributed by atoms with Gasteiger partial charge in [-0.1, -0.05) is 27.5 Å². The van der Waals surface area contributed by atoms with E-state index in [1.165, 1.54) is 0 Å². The lowest BCUT2D eigenvalue weighted by atomic mass is 10.2. The Hall–Kier alpha value is -2.38. The quantitative estimate of drug-likeness (QED) is 0.447. The molecule has 2 aromatic carbocycles. The Labute approximate surface area is 175 Å².